The Hall–Kier alpha value is -2.55. The zero-order chi connectivity index (χ0) is 20.2. The second-order valence-corrected chi connectivity index (χ2v) is 8.55. The zero-order valence-corrected chi connectivity index (χ0v) is 18.2. The fourth-order valence-electron chi connectivity index (χ4n) is 2.60. The van der Waals surface area contributed by atoms with Gasteiger partial charge >= 0.3 is 0 Å². The highest BCUT2D eigenvalue weighted by Gasteiger charge is 2.13. The predicted octanol–water partition coefficient (Wildman–Crippen LogP) is 5.40. The van der Waals surface area contributed by atoms with Gasteiger partial charge in [0.1, 0.15) is 6.67 Å². The third-order valence-corrected chi connectivity index (χ3v) is 5.69. The van der Waals surface area contributed by atoms with E-state index in [1.807, 2.05) is 54.7 Å². The first-order valence-corrected chi connectivity index (χ1v) is 10.6. The molecule has 2 aromatic carbocycles. The number of para-hydroxylation sites is 1. The molecule has 4 aromatic rings. The molecule has 4 rings (SSSR count). The first-order valence-electron chi connectivity index (χ1n) is 8.62. The van der Waals surface area contributed by atoms with E-state index in [2.05, 4.69) is 31.4 Å². The average Bonchev–Trinajstić information content (AvgIpc) is 3.34. The standard InChI is InChI=1S/C20H15BrClN5OS/c21-14-11-23-27(12-14)13-26-10-9-18(25-26)20(28)24-17-3-1-2-4-19(17)29-16-7-5-15(22)6-8-16/h1-12H,13H2,(H,24,28). The van der Waals surface area contributed by atoms with E-state index in [9.17, 15) is 4.79 Å². The minimum atomic E-state index is -0.269. The Balaban J connectivity index is 1.46. The third kappa shape index (κ3) is 5.09. The van der Waals surface area contributed by atoms with Gasteiger partial charge in [0.25, 0.3) is 5.91 Å². The molecule has 0 aliphatic rings. The minimum absolute atomic E-state index is 0.269. The number of hydrogen-bond donors (Lipinski definition) is 1. The molecule has 0 fully saturated rings. The summed E-state index contributed by atoms with van der Waals surface area (Å²) in [6, 6.07) is 16.9. The number of hydrogen-bond acceptors (Lipinski definition) is 4. The molecule has 0 radical (unpaired) electrons. The molecule has 1 N–H and O–H groups in total. The lowest BCUT2D eigenvalue weighted by Gasteiger charge is -2.10. The maximum absolute atomic E-state index is 12.7. The molecule has 0 aliphatic heterocycles. The van der Waals surface area contributed by atoms with Gasteiger partial charge in [-0.3, -0.25) is 9.48 Å². The number of rotatable bonds is 6. The second kappa shape index (κ2) is 8.86. The van der Waals surface area contributed by atoms with Crippen LogP contribution in [0.2, 0.25) is 5.02 Å². The van der Waals surface area contributed by atoms with Gasteiger partial charge in [-0.25, -0.2) is 4.68 Å². The van der Waals surface area contributed by atoms with E-state index in [0.717, 1.165) is 20.0 Å². The molecule has 0 aliphatic carbocycles. The van der Waals surface area contributed by atoms with Crippen LogP contribution in [0.1, 0.15) is 10.5 Å². The summed E-state index contributed by atoms with van der Waals surface area (Å²) in [4.78, 5) is 14.7. The molecule has 0 unspecified atom stereocenters. The number of anilines is 1. The van der Waals surface area contributed by atoms with Crippen molar-refractivity contribution < 1.29 is 4.79 Å². The van der Waals surface area contributed by atoms with E-state index in [1.165, 1.54) is 0 Å². The Bertz CT molecular complexity index is 1140. The lowest BCUT2D eigenvalue weighted by molar-refractivity contribution is 0.102. The van der Waals surface area contributed by atoms with Crippen molar-refractivity contribution in [3.8, 4) is 0 Å². The largest absolute Gasteiger partial charge is 0.320 e. The Morgan fingerprint density at radius 3 is 2.66 bits per heavy atom. The smallest absolute Gasteiger partial charge is 0.276 e. The number of aromatic nitrogens is 4. The van der Waals surface area contributed by atoms with Crippen LogP contribution in [-0.2, 0) is 6.67 Å². The summed E-state index contributed by atoms with van der Waals surface area (Å²) >= 11 is 10.9. The SMILES string of the molecule is O=C(Nc1ccccc1Sc1ccc(Cl)cc1)c1ccn(Cn2cc(Br)cn2)n1. The number of carbonyl (C=O) groups is 1. The Labute approximate surface area is 185 Å². The Morgan fingerprint density at radius 1 is 1.10 bits per heavy atom. The lowest BCUT2D eigenvalue weighted by atomic mass is 10.3. The summed E-state index contributed by atoms with van der Waals surface area (Å²) in [5.74, 6) is -0.269. The molecule has 2 heterocycles. The molecule has 146 valence electrons. The van der Waals surface area contributed by atoms with Crippen LogP contribution in [0.25, 0.3) is 0 Å². The number of halogens is 2. The van der Waals surface area contributed by atoms with E-state index >= 15 is 0 Å². The van der Waals surface area contributed by atoms with E-state index in [1.54, 1.807) is 39.6 Å². The van der Waals surface area contributed by atoms with Crippen LogP contribution in [0.3, 0.4) is 0 Å². The van der Waals surface area contributed by atoms with Gasteiger partial charge in [0, 0.05) is 27.2 Å². The highest BCUT2D eigenvalue weighted by molar-refractivity contribution is 9.10. The molecule has 0 bridgehead atoms. The molecule has 9 heteroatoms. The number of benzene rings is 2. The van der Waals surface area contributed by atoms with Gasteiger partial charge in [-0.1, -0.05) is 35.5 Å². The first kappa shape index (κ1) is 19.8. The molecule has 29 heavy (non-hydrogen) atoms. The van der Waals surface area contributed by atoms with Crippen LogP contribution in [0.15, 0.2) is 87.5 Å². The number of amides is 1. The first-order chi connectivity index (χ1) is 14.1. The van der Waals surface area contributed by atoms with E-state index in [4.69, 9.17) is 11.6 Å². The monoisotopic (exact) mass is 487 g/mol. The number of nitrogens with zero attached hydrogens (tertiary/aromatic N) is 4. The molecule has 0 spiro atoms. The fourth-order valence-corrected chi connectivity index (χ4v) is 3.96. The summed E-state index contributed by atoms with van der Waals surface area (Å²) in [6.07, 6.45) is 5.29. The van der Waals surface area contributed by atoms with Gasteiger partial charge in [-0.2, -0.15) is 10.2 Å². The van der Waals surface area contributed by atoms with Crippen LogP contribution in [0.5, 0.6) is 0 Å². The fraction of sp³-hybridized carbons (Fsp3) is 0.0500. The molecule has 6 nitrogen and oxygen atoms in total. The van der Waals surface area contributed by atoms with Gasteiger partial charge in [0.2, 0.25) is 0 Å². The summed E-state index contributed by atoms with van der Waals surface area (Å²) in [6.45, 7) is 0.419. The molecular formula is C20H15BrClN5OS. The topological polar surface area (TPSA) is 64.7 Å². The Kier molecular flexibility index (Phi) is 6.03. The van der Waals surface area contributed by atoms with Crippen LogP contribution in [0.4, 0.5) is 5.69 Å². The van der Waals surface area contributed by atoms with E-state index in [-0.39, 0.29) is 5.91 Å². The minimum Gasteiger partial charge on any atom is -0.320 e. The van der Waals surface area contributed by atoms with Gasteiger partial charge < -0.3 is 5.32 Å². The lowest BCUT2D eigenvalue weighted by Crippen LogP contribution is -2.15. The average molecular weight is 489 g/mol. The van der Waals surface area contributed by atoms with Gasteiger partial charge in [-0.05, 0) is 58.4 Å². The van der Waals surface area contributed by atoms with Crippen molar-refractivity contribution in [2.75, 3.05) is 5.32 Å². The summed E-state index contributed by atoms with van der Waals surface area (Å²) in [5.41, 5.74) is 1.06. The van der Waals surface area contributed by atoms with E-state index in [0.29, 0.717) is 17.4 Å². The van der Waals surface area contributed by atoms with Gasteiger partial charge in [0.15, 0.2) is 5.69 Å². The van der Waals surface area contributed by atoms with Crippen molar-refractivity contribution in [3.63, 3.8) is 0 Å². The maximum atomic E-state index is 12.7. The van der Waals surface area contributed by atoms with Crippen molar-refractivity contribution in [2.45, 2.75) is 16.5 Å². The normalized spacial score (nSPS) is 10.8. The zero-order valence-electron chi connectivity index (χ0n) is 15.0. The highest BCUT2D eigenvalue weighted by atomic mass is 79.9. The van der Waals surface area contributed by atoms with E-state index < -0.39 is 0 Å². The molecular weight excluding hydrogens is 474 g/mol. The maximum Gasteiger partial charge on any atom is 0.276 e. The second-order valence-electron chi connectivity index (χ2n) is 6.09. The van der Waals surface area contributed by atoms with Crippen LogP contribution >= 0.6 is 39.3 Å². The Morgan fingerprint density at radius 2 is 1.90 bits per heavy atom. The molecule has 0 saturated heterocycles. The molecule has 2 aromatic heterocycles. The highest BCUT2D eigenvalue weighted by Crippen LogP contribution is 2.34. The molecule has 0 saturated carbocycles. The summed E-state index contributed by atoms with van der Waals surface area (Å²) in [5, 5.41) is 12.2. The van der Waals surface area contributed by atoms with Crippen LogP contribution in [0, 0.1) is 0 Å². The van der Waals surface area contributed by atoms with Crippen molar-refractivity contribution in [1.82, 2.24) is 19.6 Å². The predicted molar refractivity (Wildman–Crippen MR) is 118 cm³/mol. The molecule has 1 amide bonds. The van der Waals surface area contributed by atoms with Gasteiger partial charge in [-0.15, -0.1) is 0 Å². The summed E-state index contributed by atoms with van der Waals surface area (Å²) in [7, 11) is 0. The van der Waals surface area contributed by atoms with Crippen molar-refractivity contribution in [2.24, 2.45) is 0 Å². The quantitative estimate of drug-likeness (QED) is 0.394. The van der Waals surface area contributed by atoms with Crippen LogP contribution in [-0.4, -0.2) is 25.5 Å². The van der Waals surface area contributed by atoms with Crippen molar-refractivity contribution in [1.29, 1.82) is 0 Å². The van der Waals surface area contributed by atoms with Crippen LogP contribution < -0.4 is 5.32 Å². The third-order valence-electron chi connectivity index (χ3n) is 3.94. The van der Waals surface area contributed by atoms with Crippen molar-refractivity contribution in [3.05, 3.63) is 88.4 Å². The summed E-state index contributed by atoms with van der Waals surface area (Å²) < 4.78 is 4.26. The number of nitrogens with one attached hydrogen (secondary N) is 1. The number of carbonyl (C=O) groups excluding carboxylic acids is 1. The van der Waals surface area contributed by atoms with Gasteiger partial charge in [0.05, 0.1) is 16.4 Å². The molecule has 0 atom stereocenters. The van der Waals surface area contributed by atoms with Crippen molar-refractivity contribution >= 4 is 50.9 Å².